The molecule has 0 saturated carbocycles. The fourth-order valence-electron chi connectivity index (χ4n) is 0. The average molecular weight is 118 g/mol. The molecule has 0 amide bonds. The molecule has 0 aliphatic carbocycles. The van der Waals surface area contributed by atoms with Crippen LogP contribution in [0.4, 0.5) is 16.8 Å². The second-order valence-electron chi connectivity index (χ2n) is 0.774. The third kappa shape index (κ3) is 943. The molecule has 0 spiro atoms. The van der Waals surface area contributed by atoms with Crippen LogP contribution in [0.15, 0.2) is 0 Å². The van der Waals surface area contributed by atoms with Crippen LogP contribution in [-0.4, -0.2) is 7.57 Å². The van der Waals surface area contributed by atoms with Crippen molar-refractivity contribution in [1.29, 1.82) is 0 Å². The van der Waals surface area contributed by atoms with Gasteiger partial charge in [-0.1, -0.05) is 0 Å². The van der Waals surface area contributed by atoms with E-state index in [9.17, 15) is 16.8 Å². The monoisotopic (exact) mass is 118 g/mol. The summed E-state index contributed by atoms with van der Waals surface area (Å²) < 4.78 is 41.1. The number of hydrogen-bond donors (Lipinski definition) is 0. The van der Waals surface area contributed by atoms with E-state index < -0.39 is 7.72 Å². The number of rotatable bonds is 0. The molecule has 0 aliphatic rings. The molecule has 36 valence electrons. The Bertz CT molecular complexity index is 40.7. The van der Waals surface area contributed by atoms with Crippen LogP contribution < -0.4 is 0 Å². The Morgan fingerprint density at radius 2 is 1.00 bits per heavy atom. The summed E-state index contributed by atoms with van der Waals surface area (Å²) in [5, 5.41) is 0. The molecule has 6 heteroatoms. The van der Waals surface area contributed by atoms with Crippen molar-refractivity contribution >= 4 is 15.3 Å². The van der Waals surface area contributed by atoms with Gasteiger partial charge in [-0.25, -0.2) is 0 Å². The molecular formula is BF4P. The predicted molar refractivity (Wildman–Crippen MR) is 17.1 cm³/mol. The van der Waals surface area contributed by atoms with Gasteiger partial charge in [-0.15, -0.1) is 0 Å². The Labute approximate surface area is 33.3 Å². The summed E-state index contributed by atoms with van der Waals surface area (Å²) >= 11 is 0. The molecule has 0 aromatic heterocycles. The van der Waals surface area contributed by atoms with Gasteiger partial charge in [0.2, 0.25) is 0 Å². The minimum atomic E-state index is -7.55. The zero-order valence-corrected chi connectivity index (χ0v) is 3.43. The predicted octanol–water partition coefficient (Wildman–Crippen LogP) is 2.16. The molecule has 0 aromatic rings. The molecule has 0 atom stereocenters. The molecule has 6 heavy (non-hydrogen) atoms. The van der Waals surface area contributed by atoms with E-state index in [1.54, 1.807) is 0 Å². The van der Waals surface area contributed by atoms with Crippen LogP contribution >= 0.6 is 7.72 Å². The normalized spacial score (nSPS) is 19.0. The van der Waals surface area contributed by atoms with E-state index in [1.165, 1.54) is 0 Å². The average Bonchev–Trinajstić information content (AvgIpc) is 0.650. The standard InChI is InChI=1S/BF4P/c1-6(2,3,4)5. The molecule has 0 heterocycles. The Kier molecular flexibility index (Phi) is 0.920. The van der Waals surface area contributed by atoms with Gasteiger partial charge >= 0.3 is 32.1 Å². The Hall–Kier alpha value is 0.215. The third-order valence-electron chi connectivity index (χ3n) is 0. The SMILES string of the molecule is [B]P(F)(F)(F)F. The summed E-state index contributed by atoms with van der Waals surface area (Å²) in [6.45, 7) is 0. The van der Waals surface area contributed by atoms with Crippen molar-refractivity contribution in [2.75, 3.05) is 0 Å². The zero-order chi connectivity index (χ0) is 5.45. The van der Waals surface area contributed by atoms with Gasteiger partial charge in [0.1, 0.15) is 0 Å². The minimum absolute atomic E-state index is 3.06. The summed E-state index contributed by atoms with van der Waals surface area (Å²) in [5.74, 6) is 0. The van der Waals surface area contributed by atoms with E-state index in [-0.39, 0.29) is 0 Å². The van der Waals surface area contributed by atoms with Crippen LogP contribution in [-0.2, 0) is 0 Å². The van der Waals surface area contributed by atoms with Crippen molar-refractivity contribution in [3.63, 3.8) is 0 Å². The van der Waals surface area contributed by atoms with E-state index in [2.05, 4.69) is 7.57 Å². The fraction of sp³-hybridized carbons (Fsp3) is 0. The zero-order valence-electron chi connectivity index (χ0n) is 2.54. The van der Waals surface area contributed by atoms with Crippen LogP contribution in [0.3, 0.4) is 0 Å². The first kappa shape index (κ1) is 6.21. The van der Waals surface area contributed by atoms with E-state index in [0.717, 1.165) is 0 Å². The molecular weight excluding hydrogens is 118 g/mol. The molecule has 2 radical (unpaired) electrons. The van der Waals surface area contributed by atoms with Gasteiger partial charge in [0.25, 0.3) is 0 Å². The first-order valence-corrected chi connectivity index (χ1v) is 2.80. The first-order valence-electron chi connectivity index (χ1n) is 0.934. The molecule has 0 nitrogen and oxygen atoms in total. The van der Waals surface area contributed by atoms with Crippen molar-refractivity contribution in [2.24, 2.45) is 0 Å². The summed E-state index contributed by atoms with van der Waals surface area (Å²) in [6, 6.07) is 0. The topological polar surface area (TPSA) is 0 Å². The molecule has 0 rings (SSSR count). The molecule has 0 aromatic carbocycles. The van der Waals surface area contributed by atoms with Gasteiger partial charge in [0.05, 0.1) is 0 Å². The van der Waals surface area contributed by atoms with Crippen molar-refractivity contribution in [3.8, 4) is 0 Å². The van der Waals surface area contributed by atoms with Crippen molar-refractivity contribution in [2.45, 2.75) is 0 Å². The molecule has 0 N–H and O–H groups in total. The summed E-state index contributed by atoms with van der Waals surface area (Å²) in [4.78, 5) is 0. The van der Waals surface area contributed by atoms with E-state index in [1.807, 2.05) is 0 Å². The van der Waals surface area contributed by atoms with Crippen LogP contribution in [0.5, 0.6) is 0 Å². The molecule has 0 saturated heterocycles. The van der Waals surface area contributed by atoms with Crippen LogP contribution in [0.1, 0.15) is 0 Å². The Balaban J connectivity index is 3.73. The summed E-state index contributed by atoms with van der Waals surface area (Å²) in [6.07, 6.45) is 0. The number of hydrogen-bond acceptors (Lipinski definition) is 0. The van der Waals surface area contributed by atoms with Gasteiger partial charge < -0.3 is 0 Å². The fourth-order valence-corrected chi connectivity index (χ4v) is 0. The van der Waals surface area contributed by atoms with Crippen molar-refractivity contribution in [3.05, 3.63) is 0 Å². The van der Waals surface area contributed by atoms with Gasteiger partial charge in [0.15, 0.2) is 0 Å². The van der Waals surface area contributed by atoms with Crippen molar-refractivity contribution in [1.82, 2.24) is 0 Å². The summed E-state index contributed by atoms with van der Waals surface area (Å²) in [7, 11) is -4.49. The van der Waals surface area contributed by atoms with Gasteiger partial charge in [-0.05, 0) is 0 Å². The molecule has 0 bridgehead atoms. The quantitative estimate of drug-likeness (QED) is 0.259. The maximum absolute atomic E-state index is 10.3. The molecule has 0 fully saturated rings. The summed E-state index contributed by atoms with van der Waals surface area (Å²) in [5.41, 5.74) is 0. The number of halogens is 4. The van der Waals surface area contributed by atoms with E-state index in [0.29, 0.717) is 0 Å². The molecule has 0 unspecified atom stereocenters. The van der Waals surface area contributed by atoms with Crippen LogP contribution in [0.2, 0.25) is 0 Å². The van der Waals surface area contributed by atoms with Crippen molar-refractivity contribution < 1.29 is 16.8 Å². The van der Waals surface area contributed by atoms with Crippen LogP contribution in [0, 0.1) is 0 Å². The van der Waals surface area contributed by atoms with Gasteiger partial charge in [-0.2, -0.15) is 0 Å². The first-order chi connectivity index (χ1) is 2.24. The second-order valence-corrected chi connectivity index (χ2v) is 2.32. The third-order valence-corrected chi connectivity index (χ3v) is 0. The maximum atomic E-state index is 10.3. The van der Waals surface area contributed by atoms with Gasteiger partial charge in [0, 0.05) is 0 Å². The Morgan fingerprint density at radius 3 is 1.00 bits per heavy atom. The molecule has 0 aliphatic heterocycles. The van der Waals surface area contributed by atoms with Gasteiger partial charge in [-0.3, -0.25) is 0 Å². The van der Waals surface area contributed by atoms with E-state index >= 15 is 0 Å². The second kappa shape index (κ2) is 0.888. The Morgan fingerprint density at radius 1 is 1.00 bits per heavy atom. The van der Waals surface area contributed by atoms with E-state index in [4.69, 9.17) is 0 Å². The van der Waals surface area contributed by atoms with Crippen LogP contribution in [0.25, 0.3) is 0 Å².